The van der Waals surface area contributed by atoms with Crippen molar-refractivity contribution in [3.63, 3.8) is 0 Å². The summed E-state index contributed by atoms with van der Waals surface area (Å²) in [5.41, 5.74) is 12.9. The number of ether oxygens (including phenoxy) is 1. The number of aromatic nitrogens is 3. The predicted molar refractivity (Wildman–Crippen MR) is 128 cm³/mol. The summed E-state index contributed by atoms with van der Waals surface area (Å²) in [5, 5.41) is 0. The second kappa shape index (κ2) is 8.78. The van der Waals surface area contributed by atoms with Crippen molar-refractivity contribution in [2.45, 2.75) is 43.9 Å². The number of anilines is 1. The SMILES string of the molecule is NC(=O)C1(F)CCC(c2nc(-c3cccc(OCc4ccccc4)c3)c3c(N)nccn23)CC1. The number of amides is 1. The average Bonchev–Trinajstić information content (AvgIpc) is 3.25. The van der Waals surface area contributed by atoms with Crippen molar-refractivity contribution < 1.29 is 13.9 Å². The number of carbonyl (C=O) groups excluding carboxylic acids is 1. The van der Waals surface area contributed by atoms with Crippen LogP contribution < -0.4 is 16.2 Å². The van der Waals surface area contributed by atoms with Crippen LogP contribution in [0.1, 0.15) is 43.0 Å². The lowest BCUT2D eigenvalue weighted by Gasteiger charge is -2.30. The van der Waals surface area contributed by atoms with Crippen molar-refractivity contribution in [1.29, 1.82) is 0 Å². The zero-order chi connectivity index (χ0) is 23.7. The molecular weight excluding hydrogens is 433 g/mol. The number of carbonyl (C=O) groups is 1. The Balaban J connectivity index is 1.47. The summed E-state index contributed by atoms with van der Waals surface area (Å²) in [6, 6.07) is 17.7. The van der Waals surface area contributed by atoms with Crippen molar-refractivity contribution in [3.8, 4) is 17.0 Å². The largest absolute Gasteiger partial charge is 0.489 e. The minimum absolute atomic E-state index is 0.0243. The van der Waals surface area contributed by atoms with E-state index >= 15 is 0 Å². The van der Waals surface area contributed by atoms with Gasteiger partial charge >= 0.3 is 0 Å². The maximum atomic E-state index is 14.7. The van der Waals surface area contributed by atoms with Gasteiger partial charge in [0, 0.05) is 23.9 Å². The van der Waals surface area contributed by atoms with Gasteiger partial charge in [-0.1, -0.05) is 42.5 Å². The first-order valence-corrected chi connectivity index (χ1v) is 11.3. The van der Waals surface area contributed by atoms with Gasteiger partial charge in [-0.3, -0.25) is 9.20 Å². The van der Waals surface area contributed by atoms with E-state index in [4.69, 9.17) is 21.2 Å². The standard InChI is InChI=1S/C26H26FN5O2/c27-26(25(29)33)11-9-18(10-12-26)24-31-21(22-23(28)30-13-14-32(22)24)19-7-4-8-20(15-19)34-16-17-5-2-1-3-6-17/h1-8,13-15,18H,9-12,16H2,(H2,28,30)(H2,29,33). The van der Waals surface area contributed by atoms with Crippen LogP contribution in [0, 0.1) is 0 Å². The molecule has 174 valence electrons. The van der Waals surface area contributed by atoms with E-state index in [2.05, 4.69) is 4.98 Å². The van der Waals surface area contributed by atoms with E-state index in [9.17, 15) is 9.18 Å². The number of nitrogens with two attached hydrogens (primary N) is 2. The first kappa shape index (κ1) is 21.9. The average molecular weight is 460 g/mol. The number of halogens is 1. The number of alkyl halides is 1. The van der Waals surface area contributed by atoms with E-state index in [1.807, 2.05) is 65.2 Å². The van der Waals surface area contributed by atoms with Crippen LogP contribution in [0.2, 0.25) is 0 Å². The molecular formula is C26H26FN5O2. The maximum Gasteiger partial charge on any atom is 0.255 e. The van der Waals surface area contributed by atoms with Gasteiger partial charge in [-0.15, -0.1) is 0 Å². The summed E-state index contributed by atoms with van der Waals surface area (Å²) in [6.45, 7) is 0.454. The summed E-state index contributed by atoms with van der Waals surface area (Å²) in [7, 11) is 0. The molecule has 0 aliphatic heterocycles. The topological polar surface area (TPSA) is 109 Å². The minimum atomic E-state index is -1.95. The van der Waals surface area contributed by atoms with Crippen molar-refractivity contribution in [2.24, 2.45) is 5.73 Å². The van der Waals surface area contributed by atoms with Crippen LogP contribution in [0.3, 0.4) is 0 Å². The molecule has 1 fully saturated rings. The van der Waals surface area contributed by atoms with Gasteiger partial charge in [-0.25, -0.2) is 14.4 Å². The quantitative estimate of drug-likeness (QED) is 0.444. The number of benzene rings is 2. The van der Waals surface area contributed by atoms with Crippen LogP contribution in [0.5, 0.6) is 5.75 Å². The number of hydrogen-bond donors (Lipinski definition) is 2. The van der Waals surface area contributed by atoms with Gasteiger partial charge in [0.05, 0.1) is 0 Å². The van der Waals surface area contributed by atoms with Crippen LogP contribution in [-0.2, 0) is 11.4 Å². The lowest BCUT2D eigenvalue weighted by Crippen LogP contribution is -2.42. The lowest BCUT2D eigenvalue weighted by atomic mass is 9.79. The Bertz CT molecular complexity index is 1330. The van der Waals surface area contributed by atoms with Crippen molar-refractivity contribution in [2.75, 3.05) is 5.73 Å². The summed E-state index contributed by atoms with van der Waals surface area (Å²) in [6.07, 6.45) is 4.56. The first-order valence-electron chi connectivity index (χ1n) is 11.3. The molecule has 5 rings (SSSR count). The lowest BCUT2D eigenvalue weighted by molar-refractivity contribution is -0.131. The Hall–Kier alpha value is -3.94. The molecule has 2 aromatic carbocycles. The Kier molecular flexibility index (Phi) is 5.65. The summed E-state index contributed by atoms with van der Waals surface area (Å²) in [5.74, 6) is 0.942. The van der Waals surface area contributed by atoms with Gasteiger partial charge in [0.25, 0.3) is 5.91 Å². The third kappa shape index (κ3) is 4.07. The number of imidazole rings is 1. The molecule has 1 saturated carbocycles. The highest BCUT2D eigenvalue weighted by molar-refractivity contribution is 5.86. The minimum Gasteiger partial charge on any atom is -0.489 e. The molecule has 0 radical (unpaired) electrons. The van der Waals surface area contributed by atoms with Crippen LogP contribution >= 0.6 is 0 Å². The van der Waals surface area contributed by atoms with E-state index in [1.165, 1.54) is 0 Å². The molecule has 0 saturated heterocycles. The fourth-order valence-electron chi connectivity index (χ4n) is 4.63. The molecule has 7 nitrogen and oxygen atoms in total. The second-order valence-electron chi connectivity index (χ2n) is 8.76. The van der Waals surface area contributed by atoms with Gasteiger partial charge in [0.2, 0.25) is 0 Å². The fourth-order valence-corrected chi connectivity index (χ4v) is 4.63. The molecule has 2 heterocycles. The molecule has 0 atom stereocenters. The fraction of sp³-hybridized carbons (Fsp3) is 0.269. The van der Waals surface area contributed by atoms with Gasteiger partial charge < -0.3 is 16.2 Å². The molecule has 34 heavy (non-hydrogen) atoms. The first-order chi connectivity index (χ1) is 16.4. The Morgan fingerprint density at radius 2 is 1.91 bits per heavy atom. The van der Waals surface area contributed by atoms with Crippen LogP contribution in [0.15, 0.2) is 67.0 Å². The monoisotopic (exact) mass is 459 g/mol. The van der Waals surface area contributed by atoms with Crippen molar-refractivity contribution in [3.05, 3.63) is 78.4 Å². The van der Waals surface area contributed by atoms with Crippen molar-refractivity contribution >= 4 is 17.2 Å². The normalized spacial score (nSPS) is 20.3. The van der Waals surface area contributed by atoms with E-state index in [-0.39, 0.29) is 18.8 Å². The molecule has 0 spiro atoms. The summed E-state index contributed by atoms with van der Waals surface area (Å²) in [4.78, 5) is 20.7. The maximum absolute atomic E-state index is 14.7. The number of primary amides is 1. The number of nitrogen functional groups attached to an aromatic ring is 1. The van der Waals surface area contributed by atoms with Crippen LogP contribution in [0.25, 0.3) is 16.8 Å². The molecule has 1 aliphatic rings. The zero-order valence-electron chi connectivity index (χ0n) is 18.7. The molecule has 0 bridgehead atoms. The van der Waals surface area contributed by atoms with Gasteiger partial charge in [0.15, 0.2) is 5.67 Å². The zero-order valence-corrected chi connectivity index (χ0v) is 18.7. The van der Waals surface area contributed by atoms with E-state index in [0.717, 1.165) is 17.0 Å². The summed E-state index contributed by atoms with van der Waals surface area (Å²) < 4.78 is 22.7. The predicted octanol–water partition coefficient (Wildman–Crippen LogP) is 4.41. The highest BCUT2D eigenvalue weighted by Gasteiger charge is 2.42. The van der Waals surface area contributed by atoms with E-state index in [0.29, 0.717) is 42.2 Å². The molecule has 2 aromatic heterocycles. The van der Waals surface area contributed by atoms with Crippen LogP contribution in [-0.4, -0.2) is 25.9 Å². The number of fused-ring (bicyclic) bond motifs is 1. The molecule has 4 aromatic rings. The highest BCUT2D eigenvalue weighted by Crippen LogP contribution is 2.41. The van der Waals surface area contributed by atoms with Gasteiger partial charge in [-0.05, 0) is 43.4 Å². The smallest absolute Gasteiger partial charge is 0.255 e. The molecule has 8 heteroatoms. The second-order valence-corrected chi connectivity index (χ2v) is 8.76. The summed E-state index contributed by atoms with van der Waals surface area (Å²) >= 11 is 0. The Morgan fingerprint density at radius 1 is 1.15 bits per heavy atom. The van der Waals surface area contributed by atoms with E-state index in [1.54, 1.807) is 6.20 Å². The molecule has 0 unspecified atom stereocenters. The highest BCUT2D eigenvalue weighted by atomic mass is 19.1. The number of nitrogens with zero attached hydrogens (tertiary/aromatic N) is 3. The van der Waals surface area contributed by atoms with Gasteiger partial charge in [-0.2, -0.15) is 0 Å². The van der Waals surface area contributed by atoms with E-state index < -0.39 is 11.6 Å². The molecule has 1 amide bonds. The third-order valence-electron chi connectivity index (χ3n) is 6.55. The molecule has 1 aliphatic carbocycles. The van der Waals surface area contributed by atoms with Crippen molar-refractivity contribution in [1.82, 2.24) is 14.4 Å². The Morgan fingerprint density at radius 3 is 2.65 bits per heavy atom. The third-order valence-corrected chi connectivity index (χ3v) is 6.55. The Labute approximate surface area is 196 Å². The number of hydrogen-bond acceptors (Lipinski definition) is 5. The number of rotatable bonds is 6. The van der Waals surface area contributed by atoms with Gasteiger partial charge in [0.1, 0.15) is 35.2 Å². The molecule has 4 N–H and O–H groups in total. The van der Waals surface area contributed by atoms with Crippen LogP contribution in [0.4, 0.5) is 10.2 Å².